The van der Waals surface area contributed by atoms with Gasteiger partial charge in [0.15, 0.2) is 5.71 Å². The number of hydrogen-bond donors (Lipinski definition) is 3. The van der Waals surface area contributed by atoms with Gasteiger partial charge in [0, 0.05) is 17.4 Å². The third-order valence-electron chi connectivity index (χ3n) is 2.96. The molecule has 2 heterocycles. The Hall–Kier alpha value is -2.30. The molecule has 0 radical (unpaired) electrons. The maximum atomic E-state index is 11.1. The fraction of sp³-hybridized carbons (Fsp3) is 0.167. The number of rotatable bonds is 1. The van der Waals surface area contributed by atoms with E-state index in [0.717, 1.165) is 16.5 Å². The van der Waals surface area contributed by atoms with Crippen LogP contribution in [0, 0.1) is 0 Å². The lowest BCUT2D eigenvalue weighted by Crippen LogP contribution is -2.21. The molecule has 5 heteroatoms. The number of phenolic OH excluding ortho intramolecular Hbond substituents is 1. The van der Waals surface area contributed by atoms with E-state index < -0.39 is 5.97 Å². The summed E-state index contributed by atoms with van der Waals surface area (Å²) in [4.78, 5) is 18.1. The van der Waals surface area contributed by atoms with Gasteiger partial charge in [0.25, 0.3) is 0 Å². The summed E-state index contributed by atoms with van der Waals surface area (Å²) >= 11 is 0. The molecule has 0 aliphatic carbocycles. The third-order valence-corrected chi connectivity index (χ3v) is 2.96. The number of nitrogens with zero attached hydrogens (tertiary/aromatic N) is 1. The van der Waals surface area contributed by atoms with Gasteiger partial charge in [-0.3, -0.25) is 4.99 Å². The Balaban J connectivity index is 2.31. The molecule has 0 spiro atoms. The average molecular weight is 230 g/mol. The molecule has 1 aliphatic rings. The van der Waals surface area contributed by atoms with Gasteiger partial charge < -0.3 is 15.2 Å². The number of carboxylic acids is 1. The number of phenols is 1. The molecule has 0 amide bonds. The molecule has 0 fully saturated rings. The number of aliphatic carboxylic acids is 1. The van der Waals surface area contributed by atoms with Crippen molar-refractivity contribution < 1.29 is 15.0 Å². The van der Waals surface area contributed by atoms with Gasteiger partial charge in [-0.2, -0.15) is 0 Å². The average Bonchev–Trinajstić information content (AvgIpc) is 2.66. The molecular weight excluding hydrogens is 220 g/mol. The molecule has 1 aliphatic heterocycles. The summed E-state index contributed by atoms with van der Waals surface area (Å²) in [6, 6.07) is 4.96. The predicted molar refractivity (Wildman–Crippen MR) is 62.7 cm³/mol. The number of hydrogen-bond acceptors (Lipinski definition) is 3. The third kappa shape index (κ3) is 1.39. The van der Waals surface area contributed by atoms with Crippen LogP contribution in [-0.4, -0.2) is 33.4 Å². The number of aromatic amines is 1. The largest absolute Gasteiger partial charge is 0.508 e. The summed E-state index contributed by atoms with van der Waals surface area (Å²) < 4.78 is 0. The van der Waals surface area contributed by atoms with E-state index in [1.807, 2.05) is 0 Å². The van der Waals surface area contributed by atoms with Crippen LogP contribution in [0.5, 0.6) is 5.75 Å². The van der Waals surface area contributed by atoms with Gasteiger partial charge in [-0.1, -0.05) is 0 Å². The number of carboxylic acid groups (broad SMARTS) is 1. The van der Waals surface area contributed by atoms with E-state index in [-0.39, 0.29) is 11.5 Å². The molecule has 5 nitrogen and oxygen atoms in total. The van der Waals surface area contributed by atoms with Crippen molar-refractivity contribution in [1.82, 2.24) is 4.98 Å². The summed E-state index contributed by atoms with van der Waals surface area (Å²) in [7, 11) is 0. The van der Waals surface area contributed by atoms with Gasteiger partial charge in [-0.15, -0.1) is 0 Å². The quantitative estimate of drug-likeness (QED) is 0.690. The van der Waals surface area contributed by atoms with E-state index in [1.54, 1.807) is 18.2 Å². The molecule has 0 saturated carbocycles. The lowest BCUT2D eigenvalue weighted by atomic mass is 10.0. The van der Waals surface area contributed by atoms with Crippen LogP contribution < -0.4 is 0 Å². The topological polar surface area (TPSA) is 85.7 Å². The highest BCUT2D eigenvalue weighted by molar-refractivity contribution is 6.43. The summed E-state index contributed by atoms with van der Waals surface area (Å²) in [6.45, 7) is 0.469. The van der Waals surface area contributed by atoms with Gasteiger partial charge in [-0.25, -0.2) is 4.79 Å². The number of fused-ring (bicyclic) bond motifs is 3. The Bertz CT molecular complexity index is 655. The molecule has 2 aromatic rings. The monoisotopic (exact) mass is 230 g/mol. The minimum atomic E-state index is -1.03. The van der Waals surface area contributed by atoms with Crippen LogP contribution >= 0.6 is 0 Å². The van der Waals surface area contributed by atoms with E-state index in [0.29, 0.717) is 18.7 Å². The van der Waals surface area contributed by atoms with E-state index in [4.69, 9.17) is 5.11 Å². The first-order valence-corrected chi connectivity index (χ1v) is 5.28. The summed E-state index contributed by atoms with van der Waals surface area (Å²) in [5.41, 5.74) is 2.37. The fourth-order valence-electron chi connectivity index (χ4n) is 2.23. The highest BCUT2D eigenvalue weighted by Crippen LogP contribution is 2.28. The van der Waals surface area contributed by atoms with Gasteiger partial charge >= 0.3 is 5.97 Å². The molecule has 0 saturated heterocycles. The second-order valence-corrected chi connectivity index (χ2v) is 3.99. The normalized spacial score (nSPS) is 14.5. The van der Waals surface area contributed by atoms with E-state index in [9.17, 15) is 9.90 Å². The van der Waals surface area contributed by atoms with Gasteiger partial charge in [0.05, 0.1) is 5.69 Å². The summed E-state index contributed by atoms with van der Waals surface area (Å²) in [5.74, 6) is -0.847. The highest BCUT2D eigenvalue weighted by Gasteiger charge is 2.23. The van der Waals surface area contributed by atoms with Crippen LogP contribution in [0.25, 0.3) is 10.9 Å². The number of aromatic hydroxyl groups is 1. The van der Waals surface area contributed by atoms with Gasteiger partial charge in [0.1, 0.15) is 5.75 Å². The van der Waals surface area contributed by atoms with Crippen molar-refractivity contribution in [2.45, 2.75) is 6.42 Å². The smallest absolute Gasteiger partial charge is 0.356 e. The lowest BCUT2D eigenvalue weighted by Gasteiger charge is -2.09. The van der Waals surface area contributed by atoms with E-state index in [1.165, 1.54) is 0 Å². The van der Waals surface area contributed by atoms with Crippen LogP contribution in [0.3, 0.4) is 0 Å². The minimum absolute atomic E-state index is 0.0712. The van der Waals surface area contributed by atoms with Crippen LogP contribution in [0.1, 0.15) is 11.3 Å². The molecule has 0 bridgehead atoms. The minimum Gasteiger partial charge on any atom is -0.508 e. The molecule has 86 valence electrons. The lowest BCUT2D eigenvalue weighted by molar-refractivity contribution is -0.129. The Morgan fingerprint density at radius 2 is 2.24 bits per heavy atom. The maximum absolute atomic E-state index is 11.1. The van der Waals surface area contributed by atoms with Crippen molar-refractivity contribution in [3.8, 4) is 5.75 Å². The Morgan fingerprint density at radius 3 is 3.00 bits per heavy atom. The molecule has 1 aromatic carbocycles. The van der Waals surface area contributed by atoms with Crippen LogP contribution in [0.4, 0.5) is 0 Å². The molecule has 0 atom stereocenters. The second-order valence-electron chi connectivity index (χ2n) is 3.99. The SMILES string of the molecule is O=C(O)C1=NCCc2c1[nH]c1ccc(O)cc21. The molecule has 3 N–H and O–H groups in total. The number of carbonyl (C=O) groups is 1. The first kappa shape index (κ1) is 9.89. The van der Waals surface area contributed by atoms with Crippen molar-refractivity contribution >= 4 is 22.6 Å². The molecular formula is C12H10N2O3. The second kappa shape index (κ2) is 3.35. The van der Waals surface area contributed by atoms with Crippen molar-refractivity contribution in [2.75, 3.05) is 6.54 Å². The Kier molecular flexibility index (Phi) is 1.95. The van der Waals surface area contributed by atoms with Crippen molar-refractivity contribution in [3.63, 3.8) is 0 Å². The molecule has 0 unspecified atom stereocenters. The summed E-state index contributed by atoms with van der Waals surface area (Å²) in [5, 5.41) is 19.4. The molecule has 17 heavy (non-hydrogen) atoms. The van der Waals surface area contributed by atoms with E-state index >= 15 is 0 Å². The number of benzene rings is 1. The van der Waals surface area contributed by atoms with Crippen LogP contribution in [0.15, 0.2) is 23.2 Å². The fourth-order valence-corrected chi connectivity index (χ4v) is 2.23. The van der Waals surface area contributed by atoms with Gasteiger partial charge in [-0.05, 0) is 30.2 Å². The number of aromatic nitrogens is 1. The number of nitrogens with one attached hydrogen (secondary N) is 1. The molecule has 3 rings (SSSR count). The van der Waals surface area contributed by atoms with Crippen LogP contribution in [0.2, 0.25) is 0 Å². The first-order chi connectivity index (χ1) is 8.16. The first-order valence-electron chi connectivity index (χ1n) is 5.28. The molecule has 1 aromatic heterocycles. The zero-order chi connectivity index (χ0) is 12.0. The Morgan fingerprint density at radius 1 is 1.41 bits per heavy atom. The Labute approximate surface area is 96.4 Å². The van der Waals surface area contributed by atoms with Crippen molar-refractivity contribution in [3.05, 3.63) is 29.5 Å². The highest BCUT2D eigenvalue weighted by atomic mass is 16.4. The summed E-state index contributed by atoms with van der Waals surface area (Å²) in [6.07, 6.45) is 0.690. The maximum Gasteiger partial charge on any atom is 0.356 e. The van der Waals surface area contributed by atoms with Crippen LogP contribution in [-0.2, 0) is 11.2 Å². The standard InChI is InChI=1S/C12H10N2O3/c15-6-1-2-9-8(5-6)7-3-4-13-11(12(16)17)10(7)14-9/h1-2,5,14-15H,3-4H2,(H,16,17). The number of H-pyrrole nitrogens is 1. The zero-order valence-corrected chi connectivity index (χ0v) is 8.90. The zero-order valence-electron chi connectivity index (χ0n) is 8.90. The predicted octanol–water partition coefficient (Wildman–Crippen LogP) is 1.30. The number of aliphatic imine (C=N–C) groups is 1. The van der Waals surface area contributed by atoms with Crippen molar-refractivity contribution in [1.29, 1.82) is 0 Å². The van der Waals surface area contributed by atoms with E-state index in [2.05, 4.69) is 9.98 Å². The van der Waals surface area contributed by atoms with Gasteiger partial charge in [0.2, 0.25) is 0 Å². The van der Waals surface area contributed by atoms with Crippen molar-refractivity contribution in [2.24, 2.45) is 4.99 Å².